The van der Waals surface area contributed by atoms with Gasteiger partial charge in [-0.1, -0.05) is 20.3 Å². The second kappa shape index (κ2) is 18.5. The summed E-state index contributed by atoms with van der Waals surface area (Å²) in [5.41, 5.74) is 0. The van der Waals surface area contributed by atoms with Crippen molar-refractivity contribution in [2.24, 2.45) is 0 Å². The molecule has 0 bridgehead atoms. The van der Waals surface area contributed by atoms with Crippen LogP contribution in [0, 0.1) is 0 Å². The molecule has 0 saturated heterocycles. The van der Waals surface area contributed by atoms with Gasteiger partial charge in [0, 0.05) is 45.7 Å². The Hall–Kier alpha value is 0.484. The summed E-state index contributed by atoms with van der Waals surface area (Å²) in [7, 11) is -4.93. The zero-order valence-electron chi connectivity index (χ0n) is 18.8. The molecule has 0 aliphatic rings. The lowest BCUT2D eigenvalue weighted by Gasteiger charge is -2.31. The van der Waals surface area contributed by atoms with E-state index in [1.807, 2.05) is 48.5 Å². The van der Waals surface area contributed by atoms with Crippen LogP contribution in [0.3, 0.4) is 0 Å². The van der Waals surface area contributed by atoms with E-state index in [9.17, 15) is 0 Å². The highest BCUT2D eigenvalue weighted by molar-refractivity contribution is 6.71. The van der Waals surface area contributed by atoms with E-state index in [2.05, 4.69) is 6.92 Å². The fraction of sp³-hybridized carbons (Fsp3) is 1.00. The van der Waals surface area contributed by atoms with Crippen molar-refractivity contribution in [2.45, 2.75) is 79.3 Å². The van der Waals surface area contributed by atoms with E-state index >= 15 is 0 Å². The van der Waals surface area contributed by atoms with E-state index in [0.717, 1.165) is 18.9 Å². The number of hydrogen-bond acceptors (Lipinski definition) is 6. The van der Waals surface area contributed by atoms with Crippen LogP contribution >= 0.6 is 11.6 Å². The number of hydrogen-bond donors (Lipinski definition) is 0. The van der Waals surface area contributed by atoms with E-state index < -0.39 is 17.6 Å². The van der Waals surface area contributed by atoms with Gasteiger partial charge >= 0.3 is 17.6 Å². The Morgan fingerprint density at radius 2 is 0.926 bits per heavy atom. The molecule has 166 valence electrons. The lowest BCUT2D eigenvalue weighted by Crippen LogP contribution is -2.54. The highest BCUT2D eigenvalue weighted by atomic mass is 35.5. The smallest absolute Gasteiger partial charge is 0.374 e. The van der Waals surface area contributed by atoms with Gasteiger partial charge in [0.15, 0.2) is 0 Å². The molecule has 0 aromatic carbocycles. The first-order valence-electron chi connectivity index (χ1n) is 10.4. The zero-order chi connectivity index (χ0) is 21.2. The van der Waals surface area contributed by atoms with Crippen LogP contribution in [0.5, 0.6) is 0 Å². The molecule has 0 aromatic heterocycles. The van der Waals surface area contributed by atoms with E-state index in [0.29, 0.717) is 39.6 Å². The predicted octanol–water partition coefficient (Wildman–Crippen LogP) is 5.04. The van der Waals surface area contributed by atoms with Crippen molar-refractivity contribution >= 4 is 29.2 Å². The van der Waals surface area contributed by atoms with E-state index in [-0.39, 0.29) is 5.00 Å². The summed E-state index contributed by atoms with van der Waals surface area (Å²) >= 11 is 6.21. The van der Waals surface area contributed by atoms with Crippen LogP contribution in [0.25, 0.3) is 0 Å². The van der Waals surface area contributed by atoms with Crippen LogP contribution in [-0.2, 0) is 26.6 Å². The van der Waals surface area contributed by atoms with Gasteiger partial charge < -0.3 is 26.6 Å². The molecule has 0 aliphatic carbocycles. The SMILES string of the molecule is CCC[Si](OCC)(OCC)OCC.CCO[Si](OCC)(OCC)C(Cl)CC. The highest BCUT2D eigenvalue weighted by Gasteiger charge is 2.47. The third kappa shape index (κ3) is 11.9. The third-order valence-electron chi connectivity index (χ3n) is 3.43. The fourth-order valence-electron chi connectivity index (χ4n) is 2.56. The van der Waals surface area contributed by atoms with Gasteiger partial charge in [0.1, 0.15) is 5.00 Å². The fourth-order valence-corrected chi connectivity index (χ4v) is 8.24. The van der Waals surface area contributed by atoms with Gasteiger partial charge in [-0.05, 0) is 48.0 Å². The van der Waals surface area contributed by atoms with Gasteiger partial charge in [-0.3, -0.25) is 0 Å². The molecule has 0 spiro atoms. The van der Waals surface area contributed by atoms with Crippen molar-refractivity contribution in [3.8, 4) is 0 Å². The van der Waals surface area contributed by atoms with Gasteiger partial charge in [-0.15, -0.1) is 11.6 Å². The molecular formula is C18H43ClO6Si2. The second-order valence-electron chi connectivity index (χ2n) is 5.51. The maximum Gasteiger partial charge on any atom is 0.519 e. The molecular weight excluding hydrogens is 404 g/mol. The maximum atomic E-state index is 6.21. The number of rotatable bonds is 16. The van der Waals surface area contributed by atoms with Crippen molar-refractivity contribution in [3.05, 3.63) is 0 Å². The third-order valence-corrected chi connectivity index (χ3v) is 11.1. The summed E-state index contributed by atoms with van der Waals surface area (Å²) < 4.78 is 33.8. The maximum absolute atomic E-state index is 6.21. The Morgan fingerprint density at radius 3 is 1.15 bits per heavy atom. The van der Waals surface area contributed by atoms with E-state index in [1.54, 1.807) is 0 Å². The standard InChI is InChI=1S/C9H21ClO3Si.C9H22O3Si/c1-5-9(10)14(11-6-2,12-7-3)13-8-4;1-5-9-13(10-6-2,11-7-3)12-8-4/h9H,5-8H2,1-4H3;5-9H2,1-4H3. The first kappa shape index (κ1) is 29.7. The average molecular weight is 447 g/mol. The first-order valence-corrected chi connectivity index (χ1v) is 14.6. The van der Waals surface area contributed by atoms with Crippen molar-refractivity contribution in [2.75, 3.05) is 39.6 Å². The number of alkyl halides is 1. The summed E-state index contributed by atoms with van der Waals surface area (Å²) in [6.45, 7) is 19.6. The summed E-state index contributed by atoms with van der Waals surface area (Å²) in [6, 6.07) is 0.919. The van der Waals surface area contributed by atoms with Gasteiger partial charge in [0.25, 0.3) is 0 Å². The molecule has 1 atom stereocenters. The van der Waals surface area contributed by atoms with Gasteiger partial charge in [-0.2, -0.15) is 0 Å². The van der Waals surface area contributed by atoms with E-state index in [1.165, 1.54) is 0 Å². The van der Waals surface area contributed by atoms with Crippen LogP contribution in [0.2, 0.25) is 6.04 Å². The Kier molecular flexibility index (Phi) is 20.3. The minimum Gasteiger partial charge on any atom is -0.374 e. The molecule has 27 heavy (non-hydrogen) atoms. The molecule has 6 nitrogen and oxygen atoms in total. The molecule has 0 rings (SSSR count). The molecule has 0 aliphatic heterocycles. The van der Waals surface area contributed by atoms with Crippen LogP contribution in [0.15, 0.2) is 0 Å². The summed E-state index contributed by atoms with van der Waals surface area (Å²) in [5.74, 6) is 0. The zero-order valence-corrected chi connectivity index (χ0v) is 21.5. The molecule has 1 unspecified atom stereocenters. The average Bonchev–Trinajstić information content (AvgIpc) is 2.63. The second-order valence-corrected chi connectivity index (χ2v) is 11.9. The van der Waals surface area contributed by atoms with Crippen molar-refractivity contribution < 1.29 is 26.6 Å². The molecule has 0 aromatic rings. The van der Waals surface area contributed by atoms with Gasteiger partial charge in [0.05, 0.1) is 0 Å². The minimum absolute atomic E-state index is 0.151. The lowest BCUT2D eigenvalue weighted by atomic mass is 10.6. The van der Waals surface area contributed by atoms with Crippen LogP contribution in [-0.4, -0.2) is 62.3 Å². The molecule has 0 amide bonds. The van der Waals surface area contributed by atoms with Crippen molar-refractivity contribution in [1.82, 2.24) is 0 Å². The van der Waals surface area contributed by atoms with Gasteiger partial charge in [-0.25, -0.2) is 0 Å². The first-order chi connectivity index (χ1) is 12.9. The Balaban J connectivity index is 0. The topological polar surface area (TPSA) is 55.4 Å². The summed E-state index contributed by atoms with van der Waals surface area (Å²) in [5, 5.41) is -0.151. The Bertz CT molecular complexity index is 280. The lowest BCUT2D eigenvalue weighted by molar-refractivity contribution is 0.0683. The molecule has 0 saturated carbocycles. The largest absolute Gasteiger partial charge is 0.519 e. The summed E-state index contributed by atoms with van der Waals surface area (Å²) in [6.07, 6.45) is 1.85. The molecule has 0 radical (unpaired) electrons. The Labute approximate surface area is 174 Å². The van der Waals surface area contributed by atoms with Crippen LogP contribution in [0.4, 0.5) is 0 Å². The molecule has 0 fully saturated rings. The summed E-state index contributed by atoms with van der Waals surface area (Å²) in [4.78, 5) is 0. The molecule has 0 N–H and O–H groups in total. The quantitative estimate of drug-likeness (QED) is 0.244. The van der Waals surface area contributed by atoms with Crippen molar-refractivity contribution in [3.63, 3.8) is 0 Å². The van der Waals surface area contributed by atoms with E-state index in [4.69, 9.17) is 38.2 Å². The predicted molar refractivity (Wildman–Crippen MR) is 116 cm³/mol. The van der Waals surface area contributed by atoms with Gasteiger partial charge in [0.2, 0.25) is 0 Å². The van der Waals surface area contributed by atoms with Crippen molar-refractivity contribution in [1.29, 1.82) is 0 Å². The monoisotopic (exact) mass is 446 g/mol. The Morgan fingerprint density at radius 1 is 0.593 bits per heavy atom. The van der Waals surface area contributed by atoms with Crippen LogP contribution in [0.1, 0.15) is 68.2 Å². The highest BCUT2D eigenvalue weighted by Crippen LogP contribution is 2.22. The molecule has 9 heteroatoms. The molecule has 0 heterocycles. The minimum atomic E-state index is -2.63. The normalized spacial score (nSPS) is 13.2. The number of halogens is 1. The van der Waals surface area contributed by atoms with Crippen LogP contribution < -0.4 is 0 Å².